The summed E-state index contributed by atoms with van der Waals surface area (Å²) in [4.78, 5) is 11.9. The highest BCUT2D eigenvalue weighted by Crippen LogP contribution is 2.26. The molecule has 0 atom stereocenters. The minimum atomic E-state index is -0.232. The summed E-state index contributed by atoms with van der Waals surface area (Å²) in [6.45, 7) is 0.672. The monoisotopic (exact) mass is 281 g/mol. The summed E-state index contributed by atoms with van der Waals surface area (Å²) >= 11 is 5.74. The van der Waals surface area contributed by atoms with Gasteiger partial charge >= 0.3 is 0 Å². The number of benzene rings is 1. The maximum atomic E-state index is 11.9. The molecule has 0 saturated heterocycles. The van der Waals surface area contributed by atoms with Crippen LogP contribution in [0.15, 0.2) is 18.2 Å². The van der Waals surface area contributed by atoms with Crippen molar-refractivity contribution in [3.8, 4) is 5.75 Å². The molecule has 1 saturated carbocycles. The van der Waals surface area contributed by atoms with E-state index in [2.05, 4.69) is 5.32 Å². The first-order chi connectivity index (χ1) is 9.16. The van der Waals surface area contributed by atoms with Gasteiger partial charge in [-0.2, -0.15) is 0 Å². The van der Waals surface area contributed by atoms with Gasteiger partial charge in [-0.05, 0) is 30.5 Å². The fourth-order valence-corrected chi connectivity index (χ4v) is 2.82. The third kappa shape index (κ3) is 4.13. The first kappa shape index (κ1) is 14.2. The molecule has 1 aliphatic rings. The van der Waals surface area contributed by atoms with E-state index in [-0.39, 0.29) is 17.2 Å². The number of carbonyl (C=O) groups excluding carboxylic acids is 1. The predicted octanol–water partition coefficient (Wildman–Crippen LogP) is 3.75. The molecule has 2 rings (SSSR count). The van der Waals surface area contributed by atoms with Crippen LogP contribution in [0.1, 0.15) is 48.9 Å². The summed E-state index contributed by atoms with van der Waals surface area (Å²) in [5, 5.41) is 13.0. The van der Waals surface area contributed by atoms with Crippen molar-refractivity contribution in [2.75, 3.05) is 6.54 Å². The third-order valence-electron chi connectivity index (χ3n) is 3.77. The number of rotatable bonds is 4. The molecule has 3 nitrogen and oxygen atoms in total. The molecule has 1 fully saturated rings. The zero-order valence-corrected chi connectivity index (χ0v) is 11.7. The lowest BCUT2D eigenvalue weighted by Crippen LogP contribution is -2.26. The van der Waals surface area contributed by atoms with E-state index in [1.54, 1.807) is 12.1 Å². The number of amides is 1. The van der Waals surface area contributed by atoms with Crippen molar-refractivity contribution >= 4 is 17.5 Å². The molecule has 0 heterocycles. The summed E-state index contributed by atoms with van der Waals surface area (Å²) in [6, 6.07) is 4.54. The van der Waals surface area contributed by atoms with E-state index < -0.39 is 0 Å². The van der Waals surface area contributed by atoms with Crippen LogP contribution in [0.5, 0.6) is 5.75 Å². The van der Waals surface area contributed by atoms with Crippen molar-refractivity contribution in [1.29, 1.82) is 0 Å². The molecule has 0 spiro atoms. The van der Waals surface area contributed by atoms with Gasteiger partial charge in [0.1, 0.15) is 5.75 Å². The normalized spacial score (nSPS) is 16.3. The average molecular weight is 282 g/mol. The second-order valence-corrected chi connectivity index (χ2v) is 5.65. The highest BCUT2D eigenvalue weighted by Gasteiger charge is 2.15. The van der Waals surface area contributed by atoms with Crippen molar-refractivity contribution in [2.45, 2.75) is 38.5 Å². The van der Waals surface area contributed by atoms with E-state index in [1.807, 2.05) is 0 Å². The number of halogens is 1. The molecule has 0 bridgehead atoms. The van der Waals surface area contributed by atoms with Crippen molar-refractivity contribution in [1.82, 2.24) is 5.32 Å². The molecule has 2 N–H and O–H groups in total. The molecule has 0 aromatic heterocycles. The Morgan fingerprint density at radius 3 is 2.74 bits per heavy atom. The SMILES string of the molecule is O=C(NCCC1CCCCC1)c1ccc(Cl)cc1O. The number of hydrogen-bond acceptors (Lipinski definition) is 2. The number of nitrogens with one attached hydrogen (secondary N) is 1. The van der Waals surface area contributed by atoms with Crippen LogP contribution in [-0.2, 0) is 0 Å². The van der Waals surface area contributed by atoms with Crippen LogP contribution in [-0.4, -0.2) is 17.6 Å². The fourth-order valence-electron chi connectivity index (χ4n) is 2.66. The summed E-state index contributed by atoms with van der Waals surface area (Å²) in [5.41, 5.74) is 0.285. The van der Waals surface area contributed by atoms with Gasteiger partial charge in [-0.25, -0.2) is 0 Å². The Morgan fingerprint density at radius 2 is 2.05 bits per heavy atom. The lowest BCUT2D eigenvalue weighted by atomic mass is 9.87. The largest absolute Gasteiger partial charge is 0.507 e. The van der Waals surface area contributed by atoms with Crippen molar-refractivity contribution in [2.24, 2.45) is 5.92 Å². The molecule has 19 heavy (non-hydrogen) atoms. The van der Waals surface area contributed by atoms with E-state index in [4.69, 9.17) is 11.6 Å². The quantitative estimate of drug-likeness (QED) is 0.883. The van der Waals surface area contributed by atoms with E-state index >= 15 is 0 Å². The van der Waals surface area contributed by atoms with Gasteiger partial charge in [0.2, 0.25) is 0 Å². The number of phenols is 1. The maximum Gasteiger partial charge on any atom is 0.255 e. The van der Waals surface area contributed by atoms with Gasteiger partial charge in [-0.3, -0.25) is 4.79 Å². The Kier molecular flexibility index (Phi) is 5.08. The summed E-state index contributed by atoms with van der Waals surface area (Å²) < 4.78 is 0. The Balaban J connectivity index is 1.80. The van der Waals surface area contributed by atoms with Gasteiger partial charge in [0.25, 0.3) is 5.91 Å². The lowest BCUT2D eigenvalue weighted by molar-refractivity contribution is 0.0947. The van der Waals surface area contributed by atoms with Gasteiger partial charge < -0.3 is 10.4 Å². The van der Waals surface area contributed by atoms with Crippen LogP contribution in [0.25, 0.3) is 0 Å². The molecule has 1 aromatic carbocycles. The minimum absolute atomic E-state index is 0.0670. The Labute approximate surface area is 119 Å². The summed E-state index contributed by atoms with van der Waals surface area (Å²) in [7, 11) is 0. The van der Waals surface area contributed by atoms with Crippen LogP contribution >= 0.6 is 11.6 Å². The molecule has 1 amide bonds. The van der Waals surface area contributed by atoms with E-state index in [0.29, 0.717) is 11.6 Å². The van der Waals surface area contributed by atoms with Crippen molar-refractivity contribution < 1.29 is 9.90 Å². The third-order valence-corrected chi connectivity index (χ3v) is 4.00. The Morgan fingerprint density at radius 1 is 1.32 bits per heavy atom. The molecule has 1 aliphatic carbocycles. The first-order valence-corrected chi connectivity index (χ1v) is 7.31. The molecule has 0 unspecified atom stereocenters. The van der Waals surface area contributed by atoms with Crippen LogP contribution in [0.3, 0.4) is 0 Å². The number of carbonyl (C=O) groups is 1. The average Bonchev–Trinajstić information content (AvgIpc) is 2.39. The highest BCUT2D eigenvalue weighted by atomic mass is 35.5. The first-order valence-electron chi connectivity index (χ1n) is 6.93. The van der Waals surface area contributed by atoms with Crippen LogP contribution < -0.4 is 5.32 Å². The predicted molar refractivity (Wildman–Crippen MR) is 76.6 cm³/mol. The second kappa shape index (κ2) is 6.80. The summed E-state index contributed by atoms with van der Waals surface area (Å²) in [6.07, 6.45) is 7.57. The molecular weight excluding hydrogens is 262 g/mol. The molecule has 0 aliphatic heterocycles. The lowest BCUT2D eigenvalue weighted by Gasteiger charge is -2.21. The molecule has 0 radical (unpaired) electrons. The van der Waals surface area contributed by atoms with E-state index in [9.17, 15) is 9.90 Å². The molecule has 4 heteroatoms. The zero-order chi connectivity index (χ0) is 13.7. The molecule has 1 aromatic rings. The van der Waals surface area contributed by atoms with E-state index in [0.717, 1.165) is 12.3 Å². The number of aromatic hydroxyl groups is 1. The fraction of sp³-hybridized carbons (Fsp3) is 0.533. The van der Waals surface area contributed by atoms with Crippen LogP contribution in [0, 0.1) is 5.92 Å². The minimum Gasteiger partial charge on any atom is -0.507 e. The Bertz CT molecular complexity index is 442. The van der Waals surface area contributed by atoms with Gasteiger partial charge in [0.15, 0.2) is 0 Å². The second-order valence-electron chi connectivity index (χ2n) is 5.21. The van der Waals surface area contributed by atoms with Crippen molar-refractivity contribution in [3.63, 3.8) is 0 Å². The van der Waals surface area contributed by atoms with E-state index in [1.165, 1.54) is 38.2 Å². The van der Waals surface area contributed by atoms with Gasteiger partial charge in [0.05, 0.1) is 5.56 Å². The smallest absolute Gasteiger partial charge is 0.255 e. The highest BCUT2D eigenvalue weighted by molar-refractivity contribution is 6.30. The number of phenolic OH excluding ortho intramolecular Hbond substituents is 1. The van der Waals surface area contributed by atoms with Gasteiger partial charge in [-0.1, -0.05) is 43.7 Å². The van der Waals surface area contributed by atoms with Crippen molar-refractivity contribution in [3.05, 3.63) is 28.8 Å². The Hall–Kier alpha value is -1.22. The molecule has 104 valence electrons. The topological polar surface area (TPSA) is 49.3 Å². The van der Waals surface area contributed by atoms with Gasteiger partial charge in [0, 0.05) is 11.6 Å². The molecular formula is C15H20ClNO2. The maximum absolute atomic E-state index is 11.9. The van der Waals surface area contributed by atoms with Crippen LogP contribution in [0.2, 0.25) is 5.02 Å². The van der Waals surface area contributed by atoms with Crippen LogP contribution in [0.4, 0.5) is 0 Å². The zero-order valence-electron chi connectivity index (χ0n) is 11.0. The summed E-state index contributed by atoms with van der Waals surface area (Å²) in [5.74, 6) is 0.445. The van der Waals surface area contributed by atoms with Gasteiger partial charge in [-0.15, -0.1) is 0 Å². The standard InChI is InChI=1S/C15H20ClNO2/c16-12-6-7-13(14(18)10-12)15(19)17-9-8-11-4-2-1-3-5-11/h6-7,10-11,18H,1-5,8-9H2,(H,17,19). The number of hydrogen-bond donors (Lipinski definition) is 2.